The molecule has 2 aliphatic heterocycles. The van der Waals surface area contributed by atoms with E-state index < -0.39 is 0 Å². The lowest BCUT2D eigenvalue weighted by molar-refractivity contribution is -0.128. The fourth-order valence-corrected chi connectivity index (χ4v) is 4.49. The van der Waals surface area contributed by atoms with Crippen LogP contribution in [0.3, 0.4) is 0 Å². The second-order valence-electron chi connectivity index (χ2n) is 7.42. The van der Waals surface area contributed by atoms with Crippen molar-refractivity contribution in [1.29, 1.82) is 0 Å². The smallest absolute Gasteiger partial charge is 0.224 e. The maximum atomic E-state index is 12.0. The van der Waals surface area contributed by atoms with Crippen molar-refractivity contribution in [3.8, 4) is 0 Å². The van der Waals surface area contributed by atoms with Crippen molar-refractivity contribution in [2.24, 2.45) is 5.41 Å². The third-order valence-corrected chi connectivity index (χ3v) is 5.96. The summed E-state index contributed by atoms with van der Waals surface area (Å²) in [5, 5.41) is 7.24. The van der Waals surface area contributed by atoms with Crippen molar-refractivity contribution in [1.82, 2.24) is 15.5 Å². The Kier molecular flexibility index (Phi) is 9.31. The fraction of sp³-hybridized carbons (Fsp3) is 0.941. The molecule has 0 bridgehead atoms. The van der Waals surface area contributed by atoms with E-state index in [1.807, 2.05) is 4.90 Å². The van der Waals surface area contributed by atoms with E-state index >= 15 is 0 Å². The monoisotopic (exact) mass is 381 g/mol. The van der Waals surface area contributed by atoms with Gasteiger partial charge in [-0.25, -0.2) is 0 Å². The number of nitrogens with one attached hydrogen (secondary N) is 2. The summed E-state index contributed by atoms with van der Waals surface area (Å²) in [5.41, 5.74) is 0.624. The Morgan fingerprint density at radius 2 is 1.83 bits per heavy atom. The van der Waals surface area contributed by atoms with E-state index in [4.69, 9.17) is 4.74 Å². The van der Waals surface area contributed by atoms with Gasteiger partial charge in [0.05, 0.1) is 6.61 Å². The number of halogens is 2. The predicted molar refractivity (Wildman–Crippen MR) is 101 cm³/mol. The minimum atomic E-state index is 0. The van der Waals surface area contributed by atoms with Gasteiger partial charge in [-0.05, 0) is 57.0 Å². The zero-order valence-corrected chi connectivity index (χ0v) is 16.4. The Morgan fingerprint density at radius 1 is 1.17 bits per heavy atom. The van der Waals surface area contributed by atoms with Crippen LogP contribution in [0, 0.1) is 5.41 Å². The number of carbonyl (C=O) groups excluding carboxylic acids is 1. The van der Waals surface area contributed by atoms with Gasteiger partial charge in [-0.1, -0.05) is 0 Å². The van der Waals surface area contributed by atoms with E-state index in [-0.39, 0.29) is 30.7 Å². The molecule has 1 atom stereocenters. The van der Waals surface area contributed by atoms with Gasteiger partial charge < -0.3 is 20.3 Å². The molecule has 2 N–H and O–H groups in total. The summed E-state index contributed by atoms with van der Waals surface area (Å²) in [6.07, 6.45) is 8.65. The van der Waals surface area contributed by atoms with Crippen molar-refractivity contribution in [2.45, 2.75) is 57.0 Å². The SMILES string of the molecule is COCCN1CC(NC2CCC3(CCNCC3)CC2)CC1=O.Cl.Cl. The van der Waals surface area contributed by atoms with Gasteiger partial charge >= 0.3 is 0 Å². The van der Waals surface area contributed by atoms with Crippen LogP contribution in [0.1, 0.15) is 44.9 Å². The molecular weight excluding hydrogens is 349 g/mol. The second-order valence-corrected chi connectivity index (χ2v) is 7.42. The average Bonchev–Trinajstić information content (AvgIpc) is 2.88. The highest BCUT2D eigenvalue weighted by molar-refractivity contribution is 5.85. The largest absolute Gasteiger partial charge is 0.383 e. The van der Waals surface area contributed by atoms with Gasteiger partial charge in [0.2, 0.25) is 5.91 Å². The maximum Gasteiger partial charge on any atom is 0.224 e. The van der Waals surface area contributed by atoms with E-state index in [2.05, 4.69) is 10.6 Å². The lowest BCUT2D eigenvalue weighted by atomic mass is 9.67. The zero-order valence-electron chi connectivity index (χ0n) is 14.7. The summed E-state index contributed by atoms with van der Waals surface area (Å²) < 4.78 is 5.08. The number of ether oxygens (including phenoxy) is 1. The number of hydrogen-bond acceptors (Lipinski definition) is 4. The zero-order chi connectivity index (χ0) is 15.4. The number of methoxy groups -OCH3 is 1. The van der Waals surface area contributed by atoms with Crippen molar-refractivity contribution in [2.75, 3.05) is 39.9 Å². The molecule has 3 rings (SSSR count). The van der Waals surface area contributed by atoms with Gasteiger partial charge in [-0.2, -0.15) is 0 Å². The van der Waals surface area contributed by atoms with E-state index in [0.29, 0.717) is 30.5 Å². The van der Waals surface area contributed by atoms with E-state index in [1.54, 1.807) is 7.11 Å². The maximum absolute atomic E-state index is 12.0. The van der Waals surface area contributed by atoms with Crippen LogP contribution in [0.15, 0.2) is 0 Å². The molecule has 2 saturated heterocycles. The predicted octanol–water partition coefficient (Wildman–Crippen LogP) is 1.98. The Labute approximate surface area is 158 Å². The molecule has 7 heteroatoms. The Hall–Kier alpha value is -0.0700. The molecule has 1 saturated carbocycles. The van der Waals surface area contributed by atoms with Crippen molar-refractivity contribution in [3.05, 3.63) is 0 Å². The highest BCUT2D eigenvalue weighted by Gasteiger charge is 2.37. The minimum Gasteiger partial charge on any atom is -0.383 e. The second kappa shape index (κ2) is 10.2. The number of carbonyl (C=O) groups is 1. The summed E-state index contributed by atoms with van der Waals surface area (Å²) in [4.78, 5) is 13.9. The molecule has 5 nitrogen and oxygen atoms in total. The molecular formula is C17H33Cl2N3O2. The first-order chi connectivity index (χ1) is 10.7. The molecule has 3 aliphatic rings. The molecule has 142 valence electrons. The summed E-state index contributed by atoms with van der Waals surface area (Å²) in [6, 6.07) is 0.956. The van der Waals surface area contributed by atoms with Crippen LogP contribution in [0.2, 0.25) is 0 Å². The first kappa shape index (κ1) is 22.0. The molecule has 0 aromatic rings. The lowest BCUT2D eigenvalue weighted by Crippen LogP contribution is -2.46. The van der Waals surface area contributed by atoms with Crippen LogP contribution in [0.4, 0.5) is 0 Å². The molecule has 0 aromatic heterocycles. The van der Waals surface area contributed by atoms with E-state index in [0.717, 1.165) is 13.1 Å². The molecule has 1 aliphatic carbocycles. The van der Waals surface area contributed by atoms with Crippen molar-refractivity contribution in [3.63, 3.8) is 0 Å². The topological polar surface area (TPSA) is 53.6 Å². The van der Waals surface area contributed by atoms with E-state index in [1.165, 1.54) is 51.6 Å². The van der Waals surface area contributed by atoms with Crippen LogP contribution in [-0.4, -0.2) is 62.8 Å². The molecule has 2 heterocycles. The average molecular weight is 382 g/mol. The molecule has 1 amide bonds. The Bertz CT molecular complexity index is 382. The molecule has 0 radical (unpaired) electrons. The van der Waals surface area contributed by atoms with E-state index in [9.17, 15) is 4.79 Å². The summed E-state index contributed by atoms with van der Waals surface area (Å²) in [6.45, 7) is 4.62. The van der Waals surface area contributed by atoms with Crippen LogP contribution in [0.25, 0.3) is 0 Å². The lowest BCUT2D eigenvalue weighted by Gasteiger charge is -2.43. The number of piperidine rings is 1. The standard InChI is InChI=1S/C17H31N3O2.2ClH/c1-22-11-10-20-13-15(12-16(20)21)19-14-2-4-17(5-3-14)6-8-18-9-7-17;;/h14-15,18-19H,2-13H2,1H3;2*1H. The van der Waals surface area contributed by atoms with Crippen LogP contribution in [-0.2, 0) is 9.53 Å². The number of likely N-dealkylation sites (tertiary alicyclic amines) is 1. The third-order valence-electron chi connectivity index (χ3n) is 5.96. The fourth-order valence-electron chi connectivity index (χ4n) is 4.49. The summed E-state index contributed by atoms with van der Waals surface area (Å²) in [5.74, 6) is 0.278. The Morgan fingerprint density at radius 3 is 2.46 bits per heavy atom. The molecule has 0 aromatic carbocycles. The molecule has 1 unspecified atom stereocenters. The van der Waals surface area contributed by atoms with Gasteiger partial charge in [0.15, 0.2) is 0 Å². The molecule has 24 heavy (non-hydrogen) atoms. The first-order valence-electron chi connectivity index (χ1n) is 8.94. The minimum absolute atomic E-state index is 0. The number of nitrogens with zero attached hydrogens (tertiary/aromatic N) is 1. The Balaban J connectivity index is 0.00000144. The van der Waals surface area contributed by atoms with Gasteiger partial charge in [0.1, 0.15) is 0 Å². The van der Waals surface area contributed by atoms with Gasteiger partial charge in [0.25, 0.3) is 0 Å². The van der Waals surface area contributed by atoms with Gasteiger partial charge in [-0.3, -0.25) is 4.79 Å². The van der Waals surface area contributed by atoms with Crippen LogP contribution >= 0.6 is 24.8 Å². The molecule has 3 fully saturated rings. The van der Waals surface area contributed by atoms with Gasteiger partial charge in [0, 0.05) is 38.7 Å². The van der Waals surface area contributed by atoms with Crippen molar-refractivity contribution >= 4 is 30.7 Å². The highest BCUT2D eigenvalue weighted by Crippen LogP contribution is 2.43. The normalized spacial score (nSPS) is 27.0. The summed E-state index contributed by atoms with van der Waals surface area (Å²) in [7, 11) is 1.69. The summed E-state index contributed by atoms with van der Waals surface area (Å²) >= 11 is 0. The quantitative estimate of drug-likeness (QED) is 0.764. The van der Waals surface area contributed by atoms with Crippen LogP contribution < -0.4 is 10.6 Å². The highest BCUT2D eigenvalue weighted by atomic mass is 35.5. The van der Waals surface area contributed by atoms with Crippen LogP contribution in [0.5, 0.6) is 0 Å². The number of rotatable bonds is 5. The third kappa shape index (κ3) is 5.46. The number of hydrogen-bond donors (Lipinski definition) is 2. The first-order valence-corrected chi connectivity index (χ1v) is 8.94. The van der Waals surface area contributed by atoms with Crippen molar-refractivity contribution < 1.29 is 9.53 Å². The molecule has 1 spiro atoms. The number of amides is 1. The van der Waals surface area contributed by atoms with Gasteiger partial charge in [-0.15, -0.1) is 24.8 Å².